The third-order valence-corrected chi connectivity index (χ3v) is 4.21. The van der Waals surface area contributed by atoms with Crippen LogP contribution >= 0.6 is 12.2 Å². The molecular weight excluding hydrogens is 324 g/mol. The van der Waals surface area contributed by atoms with Crippen molar-refractivity contribution in [2.45, 2.75) is 13.0 Å². The summed E-state index contributed by atoms with van der Waals surface area (Å²) >= 11 is 5.21. The molecule has 1 aliphatic heterocycles. The Labute approximate surface area is 144 Å². The Hall–Kier alpha value is -2.73. The zero-order valence-corrected chi connectivity index (χ0v) is 14.1. The van der Waals surface area contributed by atoms with Crippen LogP contribution in [0.25, 0.3) is 10.8 Å². The summed E-state index contributed by atoms with van der Waals surface area (Å²) in [6.07, 6.45) is 0. The Morgan fingerprint density at radius 2 is 1.83 bits per heavy atom. The van der Waals surface area contributed by atoms with Gasteiger partial charge in [0.15, 0.2) is 5.11 Å². The van der Waals surface area contributed by atoms with Crippen LogP contribution in [0.2, 0.25) is 0 Å². The molecule has 2 aromatic carbocycles. The van der Waals surface area contributed by atoms with E-state index in [0.29, 0.717) is 16.4 Å². The zero-order valence-electron chi connectivity index (χ0n) is 13.3. The second-order valence-electron chi connectivity index (χ2n) is 5.50. The zero-order chi connectivity index (χ0) is 17.3. The Bertz CT molecular complexity index is 889. The molecule has 1 aliphatic rings. The van der Waals surface area contributed by atoms with Crippen molar-refractivity contribution in [2.75, 3.05) is 7.11 Å². The number of carbonyl (C=O) groups excluding carboxylic acids is 2. The van der Waals surface area contributed by atoms with Crippen LogP contribution in [0.5, 0.6) is 0 Å². The number of fused-ring (bicyclic) bond motifs is 1. The fourth-order valence-electron chi connectivity index (χ4n) is 2.83. The molecule has 1 heterocycles. The molecule has 0 fully saturated rings. The Morgan fingerprint density at radius 1 is 1.12 bits per heavy atom. The number of methoxy groups -OCH3 is 1. The highest BCUT2D eigenvalue weighted by Crippen LogP contribution is 2.29. The predicted molar refractivity (Wildman–Crippen MR) is 95.3 cm³/mol. The van der Waals surface area contributed by atoms with Gasteiger partial charge in [-0.3, -0.25) is 4.79 Å². The van der Waals surface area contributed by atoms with Crippen LogP contribution in [0.3, 0.4) is 0 Å². The van der Waals surface area contributed by atoms with E-state index in [9.17, 15) is 9.59 Å². The lowest BCUT2D eigenvalue weighted by molar-refractivity contribution is -0.150. The van der Waals surface area contributed by atoms with Crippen LogP contribution in [0.1, 0.15) is 18.5 Å². The fourth-order valence-corrected chi connectivity index (χ4v) is 3.11. The van der Waals surface area contributed by atoms with Gasteiger partial charge in [0.1, 0.15) is 0 Å². The summed E-state index contributed by atoms with van der Waals surface area (Å²) in [5.41, 5.74) is 1.71. The number of benzene rings is 2. The maximum absolute atomic E-state index is 12.4. The normalized spacial score (nSPS) is 17.2. The van der Waals surface area contributed by atoms with Gasteiger partial charge in [-0.25, -0.2) is 4.79 Å². The van der Waals surface area contributed by atoms with Gasteiger partial charge in [-0.1, -0.05) is 36.4 Å². The number of carbonyl (C=O) groups is 2. The number of hydrogen-bond acceptors (Lipinski definition) is 4. The van der Waals surface area contributed by atoms with Crippen molar-refractivity contribution in [2.24, 2.45) is 0 Å². The molecule has 1 atom stereocenters. The first-order chi connectivity index (χ1) is 11.5. The monoisotopic (exact) mass is 340 g/mol. The summed E-state index contributed by atoms with van der Waals surface area (Å²) in [4.78, 5) is 24.2. The lowest BCUT2D eigenvalue weighted by Gasteiger charge is -2.30. The molecule has 0 saturated carbocycles. The highest BCUT2D eigenvalue weighted by Gasteiger charge is 2.33. The van der Waals surface area contributed by atoms with E-state index in [0.717, 1.165) is 16.3 Å². The van der Waals surface area contributed by atoms with E-state index in [2.05, 4.69) is 15.4 Å². The van der Waals surface area contributed by atoms with E-state index in [1.54, 1.807) is 6.92 Å². The smallest absolute Gasteiger partial charge is 0.379 e. The molecule has 0 spiro atoms. The molecule has 5 nitrogen and oxygen atoms in total. The van der Waals surface area contributed by atoms with Gasteiger partial charge in [0.25, 0.3) is 5.78 Å². The van der Waals surface area contributed by atoms with Crippen molar-refractivity contribution in [1.29, 1.82) is 0 Å². The van der Waals surface area contributed by atoms with E-state index in [4.69, 9.17) is 12.2 Å². The van der Waals surface area contributed by atoms with Crippen molar-refractivity contribution in [3.63, 3.8) is 0 Å². The van der Waals surface area contributed by atoms with Gasteiger partial charge in [-0.2, -0.15) is 0 Å². The number of rotatable bonds is 3. The first-order valence-corrected chi connectivity index (χ1v) is 7.81. The molecule has 2 aromatic rings. The van der Waals surface area contributed by atoms with Crippen LogP contribution in [-0.4, -0.2) is 24.0 Å². The van der Waals surface area contributed by atoms with Gasteiger partial charge in [0.05, 0.1) is 18.7 Å². The molecule has 0 aliphatic carbocycles. The SMILES string of the molecule is COC(=O)C(=O)C1=C(C)NC(=S)N[C@H]1c1ccc2ccccc2c1. The molecule has 24 heavy (non-hydrogen) atoms. The lowest BCUT2D eigenvalue weighted by Crippen LogP contribution is -2.45. The highest BCUT2D eigenvalue weighted by molar-refractivity contribution is 7.80. The second kappa shape index (κ2) is 6.41. The van der Waals surface area contributed by atoms with Crippen molar-refractivity contribution in [3.8, 4) is 0 Å². The minimum atomic E-state index is -0.897. The highest BCUT2D eigenvalue weighted by atomic mass is 32.1. The molecule has 3 rings (SSSR count). The average molecular weight is 340 g/mol. The molecule has 6 heteroatoms. The lowest BCUT2D eigenvalue weighted by atomic mass is 9.91. The number of ether oxygens (including phenoxy) is 1. The first kappa shape index (κ1) is 16.1. The average Bonchev–Trinajstić information content (AvgIpc) is 2.59. The van der Waals surface area contributed by atoms with Crippen molar-refractivity contribution < 1.29 is 14.3 Å². The minimum absolute atomic E-state index is 0.311. The molecule has 0 bridgehead atoms. The van der Waals surface area contributed by atoms with E-state index in [-0.39, 0.29) is 0 Å². The topological polar surface area (TPSA) is 67.4 Å². The first-order valence-electron chi connectivity index (χ1n) is 7.41. The number of hydrogen-bond donors (Lipinski definition) is 2. The fraction of sp³-hybridized carbons (Fsp3) is 0.167. The summed E-state index contributed by atoms with van der Waals surface area (Å²) in [7, 11) is 1.19. The van der Waals surface area contributed by atoms with Crippen molar-refractivity contribution in [1.82, 2.24) is 10.6 Å². The molecule has 0 unspecified atom stereocenters. The van der Waals surface area contributed by atoms with Gasteiger partial charge in [-0.15, -0.1) is 0 Å². The number of ketones is 1. The number of thiocarbonyl (C=S) groups is 1. The number of nitrogens with one attached hydrogen (secondary N) is 2. The Kier molecular flexibility index (Phi) is 4.31. The molecule has 0 amide bonds. The minimum Gasteiger partial charge on any atom is -0.463 e. The number of Topliss-reactive ketones (excluding diaryl/α,β-unsaturated/α-hetero) is 1. The van der Waals surface area contributed by atoms with Crippen molar-refractivity contribution in [3.05, 3.63) is 59.3 Å². The molecule has 0 aromatic heterocycles. The van der Waals surface area contributed by atoms with Crippen LogP contribution in [0, 0.1) is 0 Å². The third-order valence-electron chi connectivity index (χ3n) is 3.99. The Balaban J connectivity index is 2.10. The van der Waals surface area contributed by atoms with E-state index in [1.807, 2.05) is 42.5 Å². The summed E-state index contributed by atoms with van der Waals surface area (Å²) in [6, 6.07) is 13.3. The van der Waals surface area contributed by atoms with Gasteiger partial charge in [0, 0.05) is 5.70 Å². The largest absolute Gasteiger partial charge is 0.463 e. The Morgan fingerprint density at radius 3 is 2.54 bits per heavy atom. The van der Waals surface area contributed by atoms with Crippen LogP contribution < -0.4 is 10.6 Å². The maximum Gasteiger partial charge on any atom is 0.379 e. The van der Waals surface area contributed by atoms with Crippen LogP contribution in [0.15, 0.2) is 53.7 Å². The third kappa shape index (κ3) is 2.88. The van der Waals surface area contributed by atoms with Crippen LogP contribution in [-0.2, 0) is 14.3 Å². The second-order valence-corrected chi connectivity index (χ2v) is 5.91. The molecule has 0 radical (unpaired) electrons. The summed E-state index contributed by atoms with van der Waals surface area (Å²) in [6.45, 7) is 1.72. The molecule has 122 valence electrons. The van der Waals surface area contributed by atoms with Gasteiger partial charge in [0.2, 0.25) is 0 Å². The standard InChI is InChI=1S/C18H16N2O3S/c1-10-14(16(21)17(22)23-2)15(20-18(24)19-10)13-8-7-11-5-3-4-6-12(11)9-13/h3-9,15H,1-2H3,(H2,19,20,24)/t15-/m0/s1. The van der Waals surface area contributed by atoms with Gasteiger partial charge in [-0.05, 0) is 41.5 Å². The van der Waals surface area contributed by atoms with Crippen LogP contribution in [0.4, 0.5) is 0 Å². The van der Waals surface area contributed by atoms with Gasteiger partial charge >= 0.3 is 5.97 Å². The van der Waals surface area contributed by atoms with E-state index < -0.39 is 17.8 Å². The maximum atomic E-state index is 12.4. The predicted octanol–water partition coefficient (Wildman–Crippen LogP) is 2.37. The van der Waals surface area contributed by atoms with Crippen molar-refractivity contribution >= 4 is 39.9 Å². The quantitative estimate of drug-likeness (QED) is 0.508. The summed E-state index contributed by atoms with van der Waals surface area (Å²) < 4.78 is 4.58. The molecular formula is C18H16N2O3S. The van der Waals surface area contributed by atoms with E-state index >= 15 is 0 Å². The molecule has 0 saturated heterocycles. The van der Waals surface area contributed by atoms with Gasteiger partial charge < -0.3 is 15.4 Å². The summed E-state index contributed by atoms with van der Waals surface area (Å²) in [5.74, 6) is -1.58. The van der Waals surface area contributed by atoms with E-state index in [1.165, 1.54) is 7.11 Å². The number of esters is 1. The molecule has 2 N–H and O–H groups in total. The summed E-state index contributed by atoms with van der Waals surface area (Å²) in [5, 5.41) is 8.52. The number of allylic oxidation sites excluding steroid dienone is 1.